The fraction of sp³-hybridized carbons (Fsp3) is 0.450. The second-order valence-electron chi connectivity index (χ2n) is 7.18. The molecule has 0 radical (unpaired) electrons. The van der Waals surface area contributed by atoms with Crippen LogP contribution in [0.4, 0.5) is 13.2 Å². The number of alkyl halides is 3. The Kier molecular flexibility index (Phi) is 5.30. The SMILES string of the molecule is FC(F)(F)Cn1ccc2c(OC3CCN(CCn4cccn4)CC3)cccc21. The lowest BCUT2D eigenvalue weighted by molar-refractivity contribution is -0.139. The molecule has 1 aromatic carbocycles. The Balaban J connectivity index is 1.35. The molecular weight excluding hydrogens is 369 g/mol. The smallest absolute Gasteiger partial charge is 0.406 e. The molecule has 0 aliphatic carbocycles. The number of likely N-dealkylation sites (tertiary alicyclic amines) is 1. The van der Waals surface area contributed by atoms with E-state index in [2.05, 4.69) is 10.00 Å². The minimum atomic E-state index is -4.24. The molecule has 0 bridgehead atoms. The van der Waals surface area contributed by atoms with Gasteiger partial charge in [0, 0.05) is 43.6 Å². The van der Waals surface area contributed by atoms with Crippen LogP contribution in [-0.4, -0.2) is 51.2 Å². The van der Waals surface area contributed by atoms with E-state index in [0.717, 1.165) is 44.4 Å². The highest BCUT2D eigenvalue weighted by Gasteiger charge is 2.28. The quantitative estimate of drug-likeness (QED) is 0.637. The second kappa shape index (κ2) is 7.87. The predicted molar refractivity (Wildman–Crippen MR) is 100 cm³/mol. The van der Waals surface area contributed by atoms with Crippen LogP contribution in [0.2, 0.25) is 0 Å². The summed E-state index contributed by atoms with van der Waals surface area (Å²) in [4.78, 5) is 2.39. The van der Waals surface area contributed by atoms with Crippen LogP contribution in [0.25, 0.3) is 10.9 Å². The van der Waals surface area contributed by atoms with Gasteiger partial charge in [0.1, 0.15) is 18.4 Å². The van der Waals surface area contributed by atoms with Crippen LogP contribution in [0.3, 0.4) is 0 Å². The first kappa shape index (κ1) is 18.9. The van der Waals surface area contributed by atoms with E-state index in [1.807, 2.05) is 23.0 Å². The Labute approximate surface area is 161 Å². The highest BCUT2D eigenvalue weighted by molar-refractivity contribution is 5.86. The number of ether oxygens (including phenoxy) is 1. The maximum atomic E-state index is 12.7. The number of fused-ring (bicyclic) bond motifs is 1. The number of piperidine rings is 1. The van der Waals surface area contributed by atoms with Crippen molar-refractivity contribution in [2.75, 3.05) is 19.6 Å². The predicted octanol–water partition coefficient (Wildman–Crippen LogP) is 3.94. The molecule has 1 aliphatic heterocycles. The average molecular weight is 392 g/mol. The van der Waals surface area contributed by atoms with Gasteiger partial charge in [-0.05, 0) is 37.1 Å². The van der Waals surface area contributed by atoms with E-state index in [1.54, 1.807) is 24.4 Å². The van der Waals surface area contributed by atoms with E-state index in [1.165, 1.54) is 10.8 Å². The van der Waals surface area contributed by atoms with Gasteiger partial charge in [-0.2, -0.15) is 18.3 Å². The van der Waals surface area contributed by atoms with Crippen LogP contribution in [0.15, 0.2) is 48.9 Å². The molecule has 0 atom stereocenters. The summed E-state index contributed by atoms with van der Waals surface area (Å²) in [6, 6.07) is 8.91. The molecule has 1 saturated heterocycles. The molecule has 0 saturated carbocycles. The van der Waals surface area contributed by atoms with Crippen molar-refractivity contribution in [2.45, 2.75) is 38.2 Å². The maximum Gasteiger partial charge on any atom is 0.406 e. The van der Waals surface area contributed by atoms with Crippen LogP contribution in [0, 0.1) is 0 Å². The number of benzene rings is 1. The van der Waals surface area contributed by atoms with Crippen molar-refractivity contribution >= 4 is 10.9 Å². The van der Waals surface area contributed by atoms with Gasteiger partial charge < -0.3 is 14.2 Å². The molecule has 0 N–H and O–H groups in total. The summed E-state index contributed by atoms with van der Waals surface area (Å²) in [6.07, 6.45) is 2.86. The lowest BCUT2D eigenvalue weighted by Crippen LogP contribution is -2.39. The Morgan fingerprint density at radius 1 is 1.04 bits per heavy atom. The van der Waals surface area contributed by atoms with Crippen LogP contribution < -0.4 is 4.74 Å². The van der Waals surface area contributed by atoms with Crippen LogP contribution in [-0.2, 0) is 13.1 Å². The molecule has 5 nitrogen and oxygen atoms in total. The maximum absolute atomic E-state index is 12.7. The van der Waals surface area contributed by atoms with E-state index in [-0.39, 0.29) is 6.10 Å². The van der Waals surface area contributed by atoms with Crippen molar-refractivity contribution in [3.63, 3.8) is 0 Å². The Morgan fingerprint density at radius 2 is 1.86 bits per heavy atom. The summed E-state index contributed by atoms with van der Waals surface area (Å²) in [5, 5.41) is 4.95. The zero-order valence-electron chi connectivity index (χ0n) is 15.5. The highest BCUT2D eigenvalue weighted by atomic mass is 19.4. The van der Waals surface area contributed by atoms with E-state index in [4.69, 9.17) is 4.74 Å². The molecule has 3 heterocycles. The lowest BCUT2D eigenvalue weighted by Gasteiger charge is -2.32. The van der Waals surface area contributed by atoms with Gasteiger partial charge in [-0.15, -0.1) is 0 Å². The fourth-order valence-electron chi connectivity index (χ4n) is 3.74. The van der Waals surface area contributed by atoms with Gasteiger partial charge in [0.05, 0.1) is 12.1 Å². The molecule has 28 heavy (non-hydrogen) atoms. The van der Waals surface area contributed by atoms with Crippen molar-refractivity contribution in [1.29, 1.82) is 0 Å². The summed E-state index contributed by atoms with van der Waals surface area (Å²) < 4.78 is 47.6. The fourth-order valence-corrected chi connectivity index (χ4v) is 3.74. The minimum absolute atomic E-state index is 0.0810. The summed E-state index contributed by atoms with van der Waals surface area (Å²) in [5.41, 5.74) is 0.548. The molecule has 4 rings (SSSR count). The third-order valence-corrected chi connectivity index (χ3v) is 5.16. The number of hydrogen-bond donors (Lipinski definition) is 0. The third kappa shape index (κ3) is 4.49. The van der Waals surface area contributed by atoms with Gasteiger partial charge in [0.15, 0.2) is 0 Å². The van der Waals surface area contributed by atoms with E-state index in [9.17, 15) is 13.2 Å². The van der Waals surface area contributed by atoms with E-state index >= 15 is 0 Å². The summed E-state index contributed by atoms with van der Waals surface area (Å²) in [6.45, 7) is 2.71. The van der Waals surface area contributed by atoms with Crippen molar-refractivity contribution < 1.29 is 17.9 Å². The average Bonchev–Trinajstić information content (AvgIpc) is 3.31. The standard InChI is InChI=1S/C20H23F3N4O/c21-20(22,23)15-26-12-7-17-18(26)3-1-4-19(17)28-16-5-10-25(11-6-16)13-14-27-9-2-8-24-27/h1-4,7-9,12,16H,5-6,10-11,13-15H2. The highest BCUT2D eigenvalue weighted by Crippen LogP contribution is 2.30. The Morgan fingerprint density at radius 3 is 2.57 bits per heavy atom. The monoisotopic (exact) mass is 392 g/mol. The van der Waals surface area contributed by atoms with Gasteiger partial charge in [-0.1, -0.05) is 6.07 Å². The first-order valence-corrected chi connectivity index (χ1v) is 9.49. The van der Waals surface area contributed by atoms with Gasteiger partial charge >= 0.3 is 6.18 Å². The minimum Gasteiger partial charge on any atom is -0.490 e. The molecule has 8 heteroatoms. The summed E-state index contributed by atoms with van der Waals surface area (Å²) in [7, 11) is 0. The Hall–Kier alpha value is -2.48. The van der Waals surface area contributed by atoms with Crippen molar-refractivity contribution in [3.05, 3.63) is 48.9 Å². The van der Waals surface area contributed by atoms with Gasteiger partial charge in [-0.25, -0.2) is 0 Å². The van der Waals surface area contributed by atoms with Gasteiger partial charge in [0.2, 0.25) is 0 Å². The second-order valence-corrected chi connectivity index (χ2v) is 7.18. The van der Waals surface area contributed by atoms with E-state index in [0.29, 0.717) is 11.3 Å². The van der Waals surface area contributed by atoms with Gasteiger partial charge in [-0.3, -0.25) is 4.68 Å². The van der Waals surface area contributed by atoms with E-state index < -0.39 is 12.7 Å². The number of rotatable bonds is 6. The molecule has 0 unspecified atom stereocenters. The number of aromatic nitrogens is 3. The molecule has 150 valence electrons. The normalized spacial score (nSPS) is 16.7. The number of hydrogen-bond acceptors (Lipinski definition) is 3. The molecule has 3 aromatic rings. The topological polar surface area (TPSA) is 35.2 Å². The summed E-state index contributed by atoms with van der Waals surface area (Å²) in [5.74, 6) is 0.661. The van der Waals surface area contributed by atoms with Crippen molar-refractivity contribution in [1.82, 2.24) is 19.2 Å². The molecule has 1 fully saturated rings. The molecule has 1 aliphatic rings. The van der Waals surface area contributed by atoms with Crippen molar-refractivity contribution in [2.24, 2.45) is 0 Å². The lowest BCUT2D eigenvalue weighted by atomic mass is 10.1. The van der Waals surface area contributed by atoms with Crippen LogP contribution in [0.1, 0.15) is 12.8 Å². The third-order valence-electron chi connectivity index (χ3n) is 5.16. The van der Waals surface area contributed by atoms with Crippen molar-refractivity contribution in [3.8, 4) is 5.75 Å². The molecule has 0 amide bonds. The van der Waals surface area contributed by atoms with Gasteiger partial charge in [0.25, 0.3) is 0 Å². The zero-order valence-corrected chi connectivity index (χ0v) is 15.5. The first-order valence-electron chi connectivity index (χ1n) is 9.49. The number of halogens is 3. The first-order chi connectivity index (χ1) is 13.5. The molecule has 2 aromatic heterocycles. The summed E-state index contributed by atoms with van der Waals surface area (Å²) >= 11 is 0. The zero-order chi connectivity index (χ0) is 19.6. The van der Waals surface area contributed by atoms with Crippen LogP contribution >= 0.6 is 0 Å². The Bertz CT molecular complexity index is 896. The largest absolute Gasteiger partial charge is 0.490 e. The number of nitrogens with zero attached hydrogens (tertiary/aromatic N) is 4. The molecular formula is C20H23F3N4O. The van der Waals surface area contributed by atoms with Crippen LogP contribution in [0.5, 0.6) is 5.75 Å². The molecule has 0 spiro atoms.